The minimum Gasteiger partial charge on any atom is -0.384 e. The number of nitrogens with two attached hydrogens (primary N) is 1. The largest absolute Gasteiger partial charge is 0.384 e. The summed E-state index contributed by atoms with van der Waals surface area (Å²) in [6, 6.07) is 0.668. The van der Waals surface area contributed by atoms with E-state index in [-0.39, 0.29) is 0 Å². The fraction of sp³-hybridized carbons (Fsp3) is 0.750. The van der Waals surface area contributed by atoms with Gasteiger partial charge < -0.3 is 10.3 Å². The first-order valence-electron chi connectivity index (χ1n) is 6.17. The number of anilines is 1. The molecule has 1 aromatic heterocycles. The van der Waals surface area contributed by atoms with Crippen molar-refractivity contribution in [3.05, 3.63) is 11.5 Å². The zero-order chi connectivity index (χ0) is 10.4. The smallest absolute Gasteiger partial charge is 0.127 e. The molecule has 0 atom stereocenters. The number of hydrogen-bond donors (Lipinski definition) is 1. The first-order valence-corrected chi connectivity index (χ1v) is 6.17. The van der Waals surface area contributed by atoms with Gasteiger partial charge in [0.1, 0.15) is 11.6 Å². The molecular weight excluding hydrogens is 186 g/mol. The Morgan fingerprint density at radius 3 is 2.53 bits per heavy atom. The lowest BCUT2D eigenvalue weighted by Crippen LogP contribution is -2.12. The van der Waals surface area contributed by atoms with Crippen LogP contribution < -0.4 is 5.73 Å². The number of aryl methyl sites for hydroxylation is 1. The fourth-order valence-corrected chi connectivity index (χ4v) is 2.48. The van der Waals surface area contributed by atoms with Crippen molar-refractivity contribution in [3.63, 3.8) is 0 Å². The van der Waals surface area contributed by atoms with E-state index in [2.05, 4.69) is 11.5 Å². The Morgan fingerprint density at radius 1 is 1.33 bits per heavy atom. The maximum Gasteiger partial charge on any atom is 0.127 e. The Labute approximate surface area is 90.7 Å². The van der Waals surface area contributed by atoms with Crippen LogP contribution in [-0.4, -0.2) is 9.55 Å². The van der Waals surface area contributed by atoms with Gasteiger partial charge in [-0.05, 0) is 25.7 Å². The number of nitrogen functional groups attached to an aromatic ring is 1. The number of aromatic nitrogens is 2. The van der Waals surface area contributed by atoms with Gasteiger partial charge in [-0.25, -0.2) is 4.98 Å². The zero-order valence-electron chi connectivity index (χ0n) is 9.37. The van der Waals surface area contributed by atoms with Crippen LogP contribution in [0.25, 0.3) is 0 Å². The van der Waals surface area contributed by atoms with E-state index in [4.69, 9.17) is 10.7 Å². The van der Waals surface area contributed by atoms with E-state index < -0.39 is 0 Å². The Balaban J connectivity index is 1.99. The van der Waals surface area contributed by atoms with E-state index in [0.717, 1.165) is 12.2 Å². The molecule has 0 saturated heterocycles. The lowest BCUT2D eigenvalue weighted by Gasteiger charge is -2.24. The first kappa shape index (κ1) is 9.25. The van der Waals surface area contributed by atoms with Gasteiger partial charge in [-0.15, -0.1) is 0 Å². The van der Waals surface area contributed by atoms with Crippen molar-refractivity contribution in [2.45, 2.75) is 57.4 Å². The van der Waals surface area contributed by atoms with Crippen LogP contribution in [0.3, 0.4) is 0 Å². The third-order valence-corrected chi connectivity index (χ3v) is 3.77. The van der Waals surface area contributed by atoms with Crippen molar-refractivity contribution in [1.29, 1.82) is 0 Å². The Hall–Kier alpha value is -0.990. The molecule has 2 saturated carbocycles. The van der Waals surface area contributed by atoms with Crippen LogP contribution in [0.4, 0.5) is 5.82 Å². The van der Waals surface area contributed by atoms with Gasteiger partial charge in [0.2, 0.25) is 0 Å². The minimum atomic E-state index is 0.662. The molecule has 0 amide bonds. The summed E-state index contributed by atoms with van der Waals surface area (Å²) in [6.07, 6.45) is 7.51. The quantitative estimate of drug-likeness (QED) is 0.824. The molecule has 0 aliphatic heterocycles. The Kier molecular flexibility index (Phi) is 2.01. The summed E-state index contributed by atoms with van der Waals surface area (Å²) in [6.45, 7) is 2.17. The van der Waals surface area contributed by atoms with E-state index in [1.807, 2.05) is 0 Å². The second-order valence-corrected chi connectivity index (χ2v) is 4.88. The second kappa shape index (κ2) is 3.26. The Morgan fingerprint density at radius 2 is 2.07 bits per heavy atom. The number of imidazole rings is 1. The lowest BCUT2D eigenvalue weighted by atomic mass is 9.83. The number of hydrogen-bond acceptors (Lipinski definition) is 2. The van der Waals surface area contributed by atoms with Crippen LogP contribution >= 0.6 is 0 Å². The van der Waals surface area contributed by atoms with Crippen molar-refractivity contribution in [2.24, 2.45) is 0 Å². The second-order valence-electron chi connectivity index (χ2n) is 4.88. The van der Waals surface area contributed by atoms with Crippen LogP contribution in [0, 0.1) is 0 Å². The molecule has 0 spiro atoms. The molecule has 1 heterocycles. The van der Waals surface area contributed by atoms with Gasteiger partial charge in [-0.1, -0.05) is 13.3 Å². The molecule has 2 fully saturated rings. The van der Waals surface area contributed by atoms with Crippen molar-refractivity contribution >= 4 is 5.82 Å². The molecule has 3 rings (SSSR count). The topological polar surface area (TPSA) is 43.8 Å². The van der Waals surface area contributed by atoms with Crippen LogP contribution in [0.1, 0.15) is 62.5 Å². The summed E-state index contributed by atoms with van der Waals surface area (Å²) >= 11 is 0. The van der Waals surface area contributed by atoms with Gasteiger partial charge in [0, 0.05) is 18.4 Å². The highest BCUT2D eigenvalue weighted by Crippen LogP contribution is 2.43. The molecule has 3 nitrogen and oxygen atoms in total. The molecule has 15 heavy (non-hydrogen) atoms. The van der Waals surface area contributed by atoms with Crippen molar-refractivity contribution < 1.29 is 0 Å². The minimum absolute atomic E-state index is 0.662. The van der Waals surface area contributed by atoms with Gasteiger partial charge in [-0.3, -0.25) is 0 Å². The predicted octanol–water partition coefficient (Wildman–Crippen LogP) is 2.63. The predicted molar refractivity (Wildman–Crippen MR) is 60.9 cm³/mol. The molecule has 0 bridgehead atoms. The summed E-state index contributed by atoms with van der Waals surface area (Å²) < 4.78 is 2.30. The molecule has 1 aromatic rings. The monoisotopic (exact) mass is 205 g/mol. The van der Waals surface area contributed by atoms with Crippen LogP contribution in [-0.2, 0) is 6.42 Å². The Bertz CT molecular complexity index is 372. The number of nitrogens with zero attached hydrogens (tertiary/aromatic N) is 2. The fourth-order valence-electron chi connectivity index (χ4n) is 2.48. The van der Waals surface area contributed by atoms with E-state index in [0.29, 0.717) is 12.0 Å². The van der Waals surface area contributed by atoms with Gasteiger partial charge in [0.05, 0.1) is 5.69 Å². The van der Waals surface area contributed by atoms with Crippen molar-refractivity contribution in [2.75, 3.05) is 5.73 Å². The lowest BCUT2D eigenvalue weighted by molar-refractivity contribution is 0.413. The molecule has 3 heteroatoms. The molecule has 0 unspecified atom stereocenters. The van der Waals surface area contributed by atoms with Crippen molar-refractivity contribution in [3.8, 4) is 0 Å². The molecular formula is C12H19N3. The van der Waals surface area contributed by atoms with Gasteiger partial charge in [0.15, 0.2) is 0 Å². The summed E-state index contributed by atoms with van der Waals surface area (Å²) in [5.41, 5.74) is 7.43. The average Bonchev–Trinajstić information content (AvgIpc) is 2.92. The highest BCUT2D eigenvalue weighted by Gasteiger charge is 2.32. The van der Waals surface area contributed by atoms with E-state index in [1.165, 1.54) is 43.6 Å². The van der Waals surface area contributed by atoms with Crippen LogP contribution in [0.5, 0.6) is 0 Å². The standard InChI is InChI=1S/C12H19N3/c1-2-10-14-11(8-4-3-5-8)12(13)15(10)9-6-7-9/h8-9H,2-7,13H2,1H3. The van der Waals surface area contributed by atoms with Crippen LogP contribution in [0.15, 0.2) is 0 Å². The summed E-state index contributed by atoms with van der Waals surface area (Å²) in [5.74, 6) is 2.84. The maximum atomic E-state index is 6.23. The third kappa shape index (κ3) is 1.36. The van der Waals surface area contributed by atoms with E-state index in [1.54, 1.807) is 0 Å². The average molecular weight is 205 g/mol. The van der Waals surface area contributed by atoms with Gasteiger partial charge in [0.25, 0.3) is 0 Å². The van der Waals surface area contributed by atoms with E-state index >= 15 is 0 Å². The maximum absolute atomic E-state index is 6.23. The molecule has 2 aliphatic rings. The highest BCUT2D eigenvalue weighted by molar-refractivity contribution is 5.42. The molecule has 0 radical (unpaired) electrons. The molecule has 2 aliphatic carbocycles. The SMILES string of the molecule is CCc1nc(C2CCC2)c(N)n1C1CC1. The molecule has 2 N–H and O–H groups in total. The summed E-state index contributed by atoms with van der Waals surface area (Å²) in [5, 5.41) is 0. The first-order chi connectivity index (χ1) is 7.31. The summed E-state index contributed by atoms with van der Waals surface area (Å²) in [7, 11) is 0. The normalized spacial score (nSPS) is 21.7. The zero-order valence-corrected chi connectivity index (χ0v) is 9.37. The molecule has 0 aromatic carbocycles. The van der Waals surface area contributed by atoms with Crippen molar-refractivity contribution in [1.82, 2.24) is 9.55 Å². The van der Waals surface area contributed by atoms with Crippen LogP contribution in [0.2, 0.25) is 0 Å². The van der Waals surface area contributed by atoms with E-state index in [9.17, 15) is 0 Å². The van der Waals surface area contributed by atoms with Gasteiger partial charge in [-0.2, -0.15) is 0 Å². The number of rotatable bonds is 3. The highest BCUT2D eigenvalue weighted by atomic mass is 15.2. The van der Waals surface area contributed by atoms with Gasteiger partial charge >= 0.3 is 0 Å². The third-order valence-electron chi connectivity index (χ3n) is 3.77. The summed E-state index contributed by atoms with van der Waals surface area (Å²) in [4.78, 5) is 4.75. The molecule has 82 valence electrons.